The van der Waals surface area contributed by atoms with Crippen LogP contribution < -0.4 is 5.32 Å². The molecular weight excluding hydrogens is 606 g/mol. The number of amides is 3. The molecular formula is C37H41N7O4. The third-order valence-electron chi connectivity index (χ3n) is 10.2. The highest BCUT2D eigenvalue weighted by atomic mass is 16.6. The summed E-state index contributed by atoms with van der Waals surface area (Å²) in [6.45, 7) is 9.47. The van der Waals surface area contributed by atoms with Crippen molar-refractivity contribution in [2.75, 3.05) is 32.7 Å². The summed E-state index contributed by atoms with van der Waals surface area (Å²) in [5.41, 5.74) is 5.91. The summed E-state index contributed by atoms with van der Waals surface area (Å²) in [7, 11) is 0. The Morgan fingerprint density at radius 2 is 1.69 bits per heavy atom. The van der Waals surface area contributed by atoms with Crippen LogP contribution in [0, 0.1) is 11.3 Å². The van der Waals surface area contributed by atoms with Gasteiger partial charge in [-0.3, -0.25) is 24.2 Å². The molecule has 0 bridgehead atoms. The minimum atomic E-state index is -0.452. The second-order valence-corrected chi connectivity index (χ2v) is 14.8. The van der Waals surface area contributed by atoms with E-state index in [9.17, 15) is 14.4 Å². The van der Waals surface area contributed by atoms with E-state index in [1.165, 1.54) is 4.90 Å². The quantitative estimate of drug-likeness (QED) is 0.252. The second-order valence-electron chi connectivity index (χ2n) is 14.8. The fourth-order valence-corrected chi connectivity index (χ4v) is 7.27. The third kappa shape index (κ3) is 5.63. The molecule has 3 amide bonds. The number of fused-ring (bicyclic) bond motifs is 2. The summed E-state index contributed by atoms with van der Waals surface area (Å²) in [5.74, 6) is 0.264. The van der Waals surface area contributed by atoms with Crippen LogP contribution in [0.25, 0.3) is 22.3 Å². The lowest BCUT2D eigenvalue weighted by Crippen LogP contribution is -2.47. The molecule has 2 aromatic carbocycles. The first-order valence-corrected chi connectivity index (χ1v) is 17.1. The number of carbonyl (C=O) groups is 3. The topological polar surface area (TPSA) is 123 Å². The standard InChI is InChI=1S/C37H41N7O4/c1-37(2,3)33(48-36(47)42-14-12-38-13-15-42)24-10-11-29-30(18-24)40-31(19-39-29)28-21-44(41-32(28)23-8-9-23)25-16-22(17-25)20-43-34(45)26-6-4-5-7-27(26)35(43)46/h4-7,10-11,18-19,21-23,25,33,38H,8-9,12-17,20H2,1-3H3/t22-,25-,33?. The molecule has 11 nitrogen and oxygen atoms in total. The van der Waals surface area contributed by atoms with Crippen LogP contribution >= 0.6 is 0 Å². The second kappa shape index (κ2) is 11.8. The van der Waals surface area contributed by atoms with Gasteiger partial charge in [0.15, 0.2) is 0 Å². The van der Waals surface area contributed by atoms with E-state index < -0.39 is 6.10 Å². The Labute approximate surface area is 279 Å². The van der Waals surface area contributed by atoms with Crippen molar-refractivity contribution >= 4 is 28.9 Å². The van der Waals surface area contributed by atoms with Crippen molar-refractivity contribution in [1.29, 1.82) is 0 Å². The smallest absolute Gasteiger partial charge is 0.410 e. The Hall–Kier alpha value is -4.64. The highest BCUT2D eigenvalue weighted by Crippen LogP contribution is 2.46. The zero-order chi connectivity index (χ0) is 33.2. The van der Waals surface area contributed by atoms with Crippen LogP contribution in [0.1, 0.15) is 96.5 Å². The molecule has 1 saturated heterocycles. The normalized spacial score (nSPS) is 21.7. The van der Waals surface area contributed by atoms with E-state index in [1.807, 2.05) is 24.4 Å². The first-order chi connectivity index (χ1) is 23.1. The van der Waals surface area contributed by atoms with Crippen molar-refractivity contribution in [3.05, 3.63) is 77.2 Å². The lowest BCUT2D eigenvalue weighted by molar-refractivity contribution is 0.00686. The maximum Gasteiger partial charge on any atom is 0.410 e. The van der Waals surface area contributed by atoms with Gasteiger partial charge in [0, 0.05) is 55.8 Å². The molecule has 3 fully saturated rings. The highest BCUT2D eigenvalue weighted by Gasteiger charge is 2.41. The SMILES string of the molecule is CC(C)(C)C(OC(=O)N1CCNCC1)c1ccc2ncc(-c3cn([C@H]4C[C@H](CN5C(=O)c6ccccc6C5=O)C4)nc3C3CC3)nc2c1. The average Bonchev–Trinajstić information content (AvgIpc) is 3.78. The number of hydrogen-bond donors (Lipinski definition) is 1. The molecule has 1 unspecified atom stereocenters. The van der Waals surface area contributed by atoms with Gasteiger partial charge in [-0.05, 0) is 61.4 Å². The van der Waals surface area contributed by atoms with Gasteiger partial charge in [0.2, 0.25) is 0 Å². The largest absolute Gasteiger partial charge is 0.441 e. The lowest BCUT2D eigenvalue weighted by atomic mass is 9.80. The zero-order valence-corrected chi connectivity index (χ0v) is 27.7. The summed E-state index contributed by atoms with van der Waals surface area (Å²) < 4.78 is 8.21. The Morgan fingerprint density at radius 1 is 0.979 bits per heavy atom. The van der Waals surface area contributed by atoms with E-state index in [2.05, 4.69) is 37.0 Å². The van der Waals surface area contributed by atoms with Crippen LogP contribution in [0.4, 0.5) is 4.79 Å². The summed E-state index contributed by atoms with van der Waals surface area (Å²) >= 11 is 0. The van der Waals surface area contributed by atoms with Crippen LogP contribution in [0.5, 0.6) is 0 Å². The van der Waals surface area contributed by atoms with Crippen molar-refractivity contribution in [3.8, 4) is 11.3 Å². The number of benzene rings is 2. The molecule has 8 rings (SSSR count). The van der Waals surface area contributed by atoms with Crippen molar-refractivity contribution in [2.24, 2.45) is 11.3 Å². The van der Waals surface area contributed by atoms with Crippen molar-refractivity contribution in [1.82, 2.24) is 34.9 Å². The fraction of sp³-hybridized carbons (Fsp3) is 0.459. The van der Waals surface area contributed by atoms with Crippen LogP contribution in [0.3, 0.4) is 0 Å². The number of nitrogens with zero attached hydrogens (tertiary/aromatic N) is 6. The number of piperazine rings is 1. The van der Waals surface area contributed by atoms with Gasteiger partial charge in [-0.25, -0.2) is 9.78 Å². The van der Waals surface area contributed by atoms with Crippen molar-refractivity contribution in [2.45, 2.75) is 64.5 Å². The maximum absolute atomic E-state index is 13.1. The van der Waals surface area contributed by atoms with Crippen LogP contribution in [0.15, 0.2) is 54.9 Å². The number of aromatic nitrogens is 4. The van der Waals surface area contributed by atoms with E-state index in [0.717, 1.165) is 72.3 Å². The Morgan fingerprint density at radius 3 is 2.35 bits per heavy atom. The first kappa shape index (κ1) is 30.7. The number of nitrogens with one attached hydrogen (secondary N) is 1. The fourth-order valence-electron chi connectivity index (χ4n) is 7.27. The summed E-state index contributed by atoms with van der Waals surface area (Å²) in [4.78, 5) is 51.9. The molecule has 48 heavy (non-hydrogen) atoms. The highest BCUT2D eigenvalue weighted by molar-refractivity contribution is 6.21. The molecule has 248 valence electrons. The molecule has 2 aliphatic heterocycles. The van der Waals surface area contributed by atoms with Gasteiger partial charge in [-0.15, -0.1) is 0 Å². The van der Waals surface area contributed by atoms with E-state index in [0.29, 0.717) is 36.7 Å². The molecule has 0 radical (unpaired) electrons. The van der Waals surface area contributed by atoms with E-state index in [1.54, 1.807) is 29.2 Å². The number of ether oxygens (including phenoxy) is 1. The summed E-state index contributed by atoms with van der Waals surface area (Å²) in [6.07, 6.45) is 7.10. The van der Waals surface area contributed by atoms with Gasteiger partial charge in [0.05, 0.1) is 45.8 Å². The van der Waals surface area contributed by atoms with Gasteiger partial charge in [-0.1, -0.05) is 39.0 Å². The molecule has 2 saturated carbocycles. The Balaban J connectivity index is 1.01. The zero-order valence-electron chi connectivity index (χ0n) is 27.7. The molecule has 1 N–H and O–H groups in total. The van der Waals surface area contributed by atoms with Gasteiger partial charge >= 0.3 is 6.09 Å². The van der Waals surface area contributed by atoms with Crippen LogP contribution in [-0.4, -0.2) is 80.2 Å². The van der Waals surface area contributed by atoms with Gasteiger partial charge in [0.25, 0.3) is 11.8 Å². The predicted molar refractivity (Wildman–Crippen MR) is 179 cm³/mol. The molecule has 11 heteroatoms. The predicted octanol–water partition coefficient (Wildman–Crippen LogP) is 5.75. The molecule has 1 atom stereocenters. The molecule has 0 spiro atoms. The van der Waals surface area contributed by atoms with Gasteiger partial charge < -0.3 is 15.0 Å². The Bertz CT molecular complexity index is 1880. The van der Waals surface area contributed by atoms with Crippen LogP contribution in [0.2, 0.25) is 0 Å². The molecule has 2 aliphatic carbocycles. The minimum Gasteiger partial charge on any atom is -0.441 e. The van der Waals surface area contributed by atoms with Crippen molar-refractivity contribution < 1.29 is 19.1 Å². The van der Waals surface area contributed by atoms with E-state index in [4.69, 9.17) is 19.8 Å². The average molecular weight is 648 g/mol. The number of imide groups is 1. The number of carbonyl (C=O) groups excluding carboxylic acids is 3. The monoisotopic (exact) mass is 647 g/mol. The Kier molecular flexibility index (Phi) is 7.54. The molecule has 4 heterocycles. The summed E-state index contributed by atoms with van der Waals surface area (Å²) in [5, 5.41) is 8.35. The minimum absolute atomic E-state index is 0.194. The third-order valence-corrected chi connectivity index (χ3v) is 10.2. The molecule has 2 aromatic heterocycles. The van der Waals surface area contributed by atoms with E-state index in [-0.39, 0.29) is 35.3 Å². The van der Waals surface area contributed by atoms with Gasteiger partial charge in [0.1, 0.15) is 6.10 Å². The molecule has 4 aromatic rings. The number of rotatable bonds is 7. The van der Waals surface area contributed by atoms with Crippen molar-refractivity contribution in [3.63, 3.8) is 0 Å². The first-order valence-electron chi connectivity index (χ1n) is 17.1. The maximum atomic E-state index is 13.1. The van der Waals surface area contributed by atoms with Gasteiger partial charge in [-0.2, -0.15) is 5.10 Å². The molecule has 4 aliphatic rings. The number of hydrogen-bond acceptors (Lipinski definition) is 8. The lowest BCUT2D eigenvalue weighted by Gasteiger charge is -2.37. The van der Waals surface area contributed by atoms with Crippen LogP contribution in [-0.2, 0) is 4.74 Å². The summed E-state index contributed by atoms with van der Waals surface area (Å²) in [6, 6.07) is 13.2. The van der Waals surface area contributed by atoms with E-state index >= 15 is 0 Å².